The molecule has 1 heterocycles. The van der Waals surface area contributed by atoms with E-state index >= 15 is 0 Å². The van der Waals surface area contributed by atoms with Crippen molar-refractivity contribution in [2.24, 2.45) is 0 Å². The highest BCUT2D eigenvalue weighted by atomic mass is 16.7. The summed E-state index contributed by atoms with van der Waals surface area (Å²) >= 11 is 0. The first-order valence-corrected chi connectivity index (χ1v) is 17.5. The Kier molecular flexibility index (Phi) is 14.2. The Balaban J connectivity index is 0.000000349. The second-order valence-electron chi connectivity index (χ2n) is 12.6. The number of carbonyl (C=O) groups is 2. The van der Waals surface area contributed by atoms with Crippen LogP contribution in [0.3, 0.4) is 0 Å². The van der Waals surface area contributed by atoms with Crippen molar-refractivity contribution in [1.29, 1.82) is 5.26 Å². The van der Waals surface area contributed by atoms with Gasteiger partial charge >= 0.3 is 0 Å². The smallest absolute Gasteiger partial charge is 0.163 e. The molecule has 0 bridgehead atoms. The van der Waals surface area contributed by atoms with Gasteiger partial charge in [-0.15, -0.1) is 0 Å². The number of hydrogen-bond donors (Lipinski definition) is 3. The number of nitriles is 1. The van der Waals surface area contributed by atoms with Gasteiger partial charge in [-0.1, -0.05) is 63.1 Å². The summed E-state index contributed by atoms with van der Waals surface area (Å²) in [6.45, 7) is 7.80. The summed E-state index contributed by atoms with van der Waals surface area (Å²) in [6, 6.07) is 23.9. The highest BCUT2D eigenvalue weighted by Crippen LogP contribution is 2.35. The lowest BCUT2D eigenvalue weighted by atomic mass is 9.98. The van der Waals surface area contributed by atoms with Crippen molar-refractivity contribution in [1.82, 2.24) is 0 Å². The molecule has 2 unspecified atom stereocenters. The average Bonchev–Trinajstić information content (AvgIpc) is 3.13. The highest BCUT2D eigenvalue weighted by Gasteiger charge is 2.23. The van der Waals surface area contributed by atoms with Gasteiger partial charge in [-0.05, 0) is 99.0 Å². The van der Waals surface area contributed by atoms with Gasteiger partial charge in [0.25, 0.3) is 0 Å². The van der Waals surface area contributed by atoms with Crippen LogP contribution in [0, 0.1) is 11.3 Å². The van der Waals surface area contributed by atoms with Crippen molar-refractivity contribution in [3.63, 3.8) is 0 Å². The van der Waals surface area contributed by atoms with Gasteiger partial charge < -0.3 is 29.5 Å². The van der Waals surface area contributed by atoms with Gasteiger partial charge in [0.05, 0.1) is 22.8 Å². The van der Waals surface area contributed by atoms with Gasteiger partial charge in [-0.3, -0.25) is 9.59 Å². The zero-order valence-electron chi connectivity index (χ0n) is 29.8. The summed E-state index contributed by atoms with van der Waals surface area (Å²) < 4.78 is 18.3. The molecular weight excluding hydrogens is 646 g/mol. The maximum atomic E-state index is 11.8. The molecule has 4 aromatic rings. The molecule has 51 heavy (non-hydrogen) atoms. The van der Waals surface area contributed by atoms with Gasteiger partial charge in [0.2, 0.25) is 0 Å². The Morgan fingerprint density at radius 3 is 2.10 bits per heavy atom. The summed E-state index contributed by atoms with van der Waals surface area (Å²) in [5.41, 5.74) is 5.11. The van der Waals surface area contributed by atoms with Crippen LogP contribution in [0.4, 0.5) is 0 Å². The van der Waals surface area contributed by atoms with Gasteiger partial charge in [0.15, 0.2) is 17.9 Å². The normalized spacial score (nSPS) is 14.5. The van der Waals surface area contributed by atoms with Crippen LogP contribution in [-0.2, 0) is 28.9 Å². The number of benzene rings is 4. The van der Waals surface area contributed by atoms with Crippen molar-refractivity contribution in [3.8, 4) is 29.1 Å². The van der Waals surface area contributed by atoms with E-state index in [4.69, 9.17) is 14.2 Å². The van der Waals surface area contributed by atoms with Crippen LogP contribution >= 0.6 is 0 Å². The first-order valence-electron chi connectivity index (χ1n) is 17.5. The molecule has 268 valence electrons. The summed E-state index contributed by atoms with van der Waals surface area (Å²) in [5, 5.41) is 39.1. The quantitative estimate of drug-likeness (QED) is 0.117. The van der Waals surface area contributed by atoms with Crippen molar-refractivity contribution >= 4 is 11.6 Å². The van der Waals surface area contributed by atoms with Gasteiger partial charge in [-0.25, -0.2) is 0 Å². The van der Waals surface area contributed by atoms with E-state index in [2.05, 4.69) is 6.07 Å². The number of Topliss-reactive ketones (excluding diaryl/α,β-unsaturated/α-hetero) is 2. The summed E-state index contributed by atoms with van der Waals surface area (Å²) in [5.74, 6) is 0.186. The maximum absolute atomic E-state index is 11.8. The van der Waals surface area contributed by atoms with Crippen molar-refractivity contribution in [2.75, 3.05) is 6.61 Å². The Hall–Kier alpha value is -5.17. The molecule has 9 nitrogen and oxygen atoms in total. The Morgan fingerprint density at radius 2 is 1.49 bits per heavy atom. The molecule has 2 atom stereocenters. The molecule has 5 rings (SSSR count). The van der Waals surface area contributed by atoms with Gasteiger partial charge in [-0.2, -0.15) is 5.26 Å². The maximum Gasteiger partial charge on any atom is 0.163 e. The molecule has 1 aliphatic heterocycles. The van der Waals surface area contributed by atoms with Crippen LogP contribution < -0.4 is 4.74 Å². The number of rotatable bonds is 13. The van der Waals surface area contributed by atoms with Crippen LogP contribution in [0.25, 0.3) is 0 Å². The number of ketones is 2. The zero-order chi connectivity index (χ0) is 36.9. The van der Waals surface area contributed by atoms with Crippen molar-refractivity contribution < 1.29 is 39.1 Å². The number of hydrogen-bond acceptors (Lipinski definition) is 9. The number of carbonyl (C=O) groups excluding carboxylic acids is 2. The third-order valence-corrected chi connectivity index (χ3v) is 8.68. The first-order chi connectivity index (χ1) is 24.6. The minimum Gasteiger partial charge on any atom is -0.508 e. The van der Waals surface area contributed by atoms with E-state index in [-0.39, 0.29) is 46.8 Å². The van der Waals surface area contributed by atoms with Crippen molar-refractivity contribution in [2.45, 2.75) is 91.6 Å². The number of aromatic hydroxyl groups is 3. The molecule has 0 spiro atoms. The van der Waals surface area contributed by atoms with Crippen LogP contribution in [0.15, 0.2) is 72.8 Å². The second-order valence-corrected chi connectivity index (χ2v) is 12.6. The van der Waals surface area contributed by atoms with E-state index in [1.807, 2.05) is 56.3 Å². The lowest BCUT2D eigenvalue weighted by Crippen LogP contribution is -2.25. The molecule has 0 aliphatic carbocycles. The fourth-order valence-electron chi connectivity index (χ4n) is 5.98. The van der Waals surface area contributed by atoms with Crippen LogP contribution in [0.1, 0.15) is 120 Å². The molecule has 9 heteroatoms. The number of phenols is 3. The van der Waals surface area contributed by atoms with Crippen LogP contribution in [-0.4, -0.2) is 39.8 Å². The minimum atomic E-state index is -0.362. The molecule has 3 N–H and O–H groups in total. The second kappa shape index (κ2) is 18.7. The van der Waals surface area contributed by atoms with E-state index in [9.17, 15) is 30.2 Å². The fourth-order valence-corrected chi connectivity index (χ4v) is 5.98. The van der Waals surface area contributed by atoms with E-state index in [0.29, 0.717) is 54.1 Å². The monoisotopic (exact) mass is 693 g/mol. The molecule has 0 radical (unpaired) electrons. The molecule has 1 saturated heterocycles. The van der Waals surface area contributed by atoms with Crippen molar-refractivity contribution in [3.05, 3.63) is 117 Å². The number of ether oxygens (including phenoxy) is 3. The van der Waals surface area contributed by atoms with E-state index in [1.165, 1.54) is 26.0 Å². The lowest BCUT2D eigenvalue weighted by Gasteiger charge is -2.28. The van der Waals surface area contributed by atoms with Gasteiger partial charge in [0, 0.05) is 17.7 Å². The Labute approximate surface area is 300 Å². The standard InChI is InChI=1S/C31H33NO5.C11H14O3/c1-3-7-27-28(16-15-26(21(2)33)30(27)34)36-20-22-11-13-24(14-12-22)31(37-29-10-4-5-17-35-29)25-9-6-8-23(18-25)19-32;1-3-4-9-10(13)6-5-8(7(2)12)11(9)14/h6,8-9,11-16,18,29,31,34H,3-5,7,10,17,20H2,1-2H3;5-6,13-14H,3-4H2,1-2H3. The molecule has 0 amide bonds. The fraction of sp³-hybridized carbons (Fsp3) is 0.357. The average molecular weight is 694 g/mol. The summed E-state index contributed by atoms with van der Waals surface area (Å²) in [7, 11) is 0. The SMILES string of the molecule is CCCc1c(O)ccc(C(C)=O)c1O.CCCc1c(OCc2ccc(C(OC3CCCCO3)c3cccc(C#N)c3)cc2)ccc(C(C)=O)c1O. The Bertz CT molecular complexity index is 1840. The lowest BCUT2D eigenvalue weighted by molar-refractivity contribution is -0.181. The minimum absolute atomic E-state index is 0.00622. The molecule has 0 saturated carbocycles. The number of nitrogens with zero attached hydrogens (tertiary/aromatic N) is 1. The third-order valence-electron chi connectivity index (χ3n) is 8.68. The largest absolute Gasteiger partial charge is 0.508 e. The third kappa shape index (κ3) is 10.2. The molecule has 1 aliphatic rings. The highest BCUT2D eigenvalue weighted by molar-refractivity contribution is 5.98. The molecule has 0 aromatic heterocycles. The van der Waals surface area contributed by atoms with Crippen LogP contribution in [0.5, 0.6) is 23.0 Å². The van der Waals surface area contributed by atoms with Gasteiger partial charge in [0.1, 0.15) is 35.7 Å². The predicted octanol–water partition coefficient (Wildman–Crippen LogP) is 8.88. The van der Waals surface area contributed by atoms with E-state index in [0.717, 1.165) is 48.8 Å². The summed E-state index contributed by atoms with van der Waals surface area (Å²) in [6.07, 6.45) is 5.11. The zero-order valence-corrected chi connectivity index (χ0v) is 29.8. The predicted molar refractivity (Wildman–Crippen MR) is 194 cm³/mol. The first kappa shape index (κ1) is 38.6. The molecular formula is C42H47NO8. The van der Waals surface area contributed by atoms with E-state index in [1.54, 1.807) is 18.2 Å². The molecule has 4 aromatic carbocycles. The molecule has 1 fully saturated rings. The van der Waals surface area contributed by atoms with Crippen LogP contribution in [0.2, 0.25) is 0 Å². The Morgan fingerprint density at radius 1 is 0.843 bits per heavy atom. The number of phenolic OH excluding ortho intramolecular Hbond substituents is 3. The summed E-state index contributed by atoms with van der Waals surface area (Å²) in [4.78, 5) is 22.9. The van der Waals surface area contributed by atoms with E-state index < -0.39 is 0 Å². The topological polar surface area (TPSA) is 146 Å².